The Balaban J connectivity index is 2.26. The number of methoxy groups -OCH3 is 1. The van der Waals surface area contributed by atoms with E-state index >= 15 is 0 Å². The molecule has 1 heterocycles. The van der Waals surface area contributed by atoms with Crippen molar-refractivity contribution in [1.82, 2.24) is 4.98 Å². The minimum atomic E-state index is -1.21. The van der Waals surface area contributed by atoms with Crippen LogP contribution in [0, 0.1) is 6.92 Å². The molecule has 1 aromatic heterocycles. The number of aromatic nitrogens is 1. The molecule has 0 aliphatic carbocycles. The lowest BCUT2D eigenvalue weighted by molar-refractivity contribution is 0.394. The van der Waals surface area contributed by atoms with Crippen LogP contribution in [0.5, 0.6) is 5.88 Å². The molecule has 0 saturated heterocycles. The summed E-state index contributed by atoms with van der Waals surface area (Å²) in [5.41, 5.74) is 8.32. The summed E-state index contributed by atoms with van der Waals surface area (Å²) in [5.74, 6) is 0.839. The number of nitrogen functional groups attached to an aromatic ring is 1. The van der Waals surface area contributed by atoms with Gasteiger partial charge in [-0.15, -0.1) is 0 Å². The van der Waals surface area contributed by atoms with Gasteiger partial charge in [0.05, 0.1) is 28.6 Å². The molecule has 0 spiro atoms. The molecule has 1 aromatic carbocycles. The molecule has 1 atom stereocenters. The Bertz CT molecular complexity index is 614. The highest BCUT2D eigenvalue weighted by atomic mass is 32.2. The summed E-state index contributed by atoms with van der Waals surface area (Å²) >= 11 is 0. The molecule has 0 aliphatic rings. The highest BCUT2D eigenvalue weighted by molar-refractivity contribution is 7.84. The molecular weight excluding hydrogens is 260 g/mol. The van der Waals surface area contributed by atoms with E-state index in [4.69, 9.17) is 10.5 Å². The third kappa shape index (κ3) is 3.12. The maximum atomic E-state index is 12.4. The van der Waals surface area contributed by atoms with Crippen molar-refractivity contribution < 1.29 is 8.95 Å². The second kappa shape index (κ2) is 5.84. The molecule has 0 fully saturated rings. The molecule has 4 nitrogen and oxygen atoms in total. The van der Waals surface area contributed by atoms with Gasteiger partial charge in [-0.1, -0.05) is 12.1 Å². The Kier molecular flexibility index (Phi) is 4.16. The Morgan fingerprint density at radius 2 is 2.16 bits per heavy atom. The van der Waals surface area contributed by atoms with E-state index in [1.54, 1.807) is 19.4 Å². The molecule has 1 unspecified atom stereocenters. The molecule has 0 amide bonds. The number of rotatable bonds is 4. The van der Waals surface area contributed by atoms with E-state index in [0.717, 1.165) is 11.1 Å². The molecule has 0 saturated carbocycles. The van der Waals surface area contributed by atoms with Crippen LogP contribution in [0.25, 0.3) is 0 Å². The normalized spacial score (nSPS) is 12.1. The van der Waals surface area contributed by atoms with Crippen molar-refractivity contribution in [2.24, 2.45) is 0 Å². The summed E-state index contributed by atoms with van der Waals surface area (Å²) in [6.45, 7) is 1.95. The Morgan fingerprint density at radius 3 is 2.84 bits per heavy atom. The first-order valence-electron chi connectivity index (χ1n) is 5.84. The number of ether oxygens (including phenoxy) is 1. The fraction of sp³-hybridized carbons (Fsp3) is 0.214. The zero-order valence-corrected chi connectivity index (χ0v) is 11.7. The summed E-state index contributed by atoms with van der Waals surface area (Å²) in [6.07, 6.45) is 1.64. The van der Waals surface area contributed by atoms with Crippen molar-refractivity contribution in [1.29, 1.82) is 0 Å². The van der Waals surface area contributed by atoms with Gasteiger partial charge in [-0.2, -0.15) is 0 Å². The van der Waals surface area contributed by atoms with Gasteiger partial charge in [0.15, 0.2) is 0 Å². The molecule has 5 heteroatoms. The third-order valence-electron chi connectivity index (χ3n) is 2.74. The van der Waals surface area contributed by atoms with Crippen molar-refractivity contribution in [3.63, 3.8) is 0 Å². The van der Waals surface area contributed by atoms with Gasteiger partial charge in [-0.25, -0.2) is 4.98 Å². The Morgan fingerprint density at radius 1 is 1.37 bits per heavy atom. The number of anilines is 1. The number of hydrogen-bond donors (Lipinski definition) is 1. The average molecular weight is 276 g/mol. The molecule has 0 aliphatic heterocycles. The van der Waals surface area contributed by atoms with Crippen LogP contribution in [0.2, 0.25) is 0 Å². The monoisotopic (exact) mass is 276 g/mol. The van der Waals surface area contributed by atoms with Gasteiger partial charge in [0.25, 0.3) is 0 Å². The number of pyridine rings is 1. The number of aryl methyl sites for hydroxylation is 1. The lowest BCUT2D eigenvalue weighted by Crippen LogP contribution is -2.03. The molecule has 2 N–H and O–H groups in total. The zero-order chi connectivity index (χ0) is 13.8. The van der Waals surface area contributed by atoms with Gasteiger partial charge in [-0.3, -0.25) is 4.21 Å². The summed E-state index contributed by atoms with van der Waals surface area (Å²) in [4.78, 5) is 4.74. The summed E-state index contributed by atoms with van der Waals surface area (Å²) in [5, 5.41) is 0. The van der Waals surface area contributed by atoms with E-state index in [1.807, 2.05) is 31.2 Å². The van der Waals surface area contributed by atoms with Gasteiger partial charge >= 0.3 is 0 Å². The first-order chi connectivity index (χ1) is 9.11. The molecule has 19 heavy (non-hydrogen) atoms. The molecule has 2 aromatic rings. The van der Waals surface area contributed by atoms with Gasteiger partial charge in [-0.05, 0) is 30.7 Å². The van der Waals surface area contributed by atoms with E-state index in [-0.39, 0.29) is 0 Å². The van der Waals surface area contributed by atoms with Gasteiger partial charge < -0.3 is 10.5 Å². The second-order valence-corrected chi connectivity index (χ2v) is 5.62. The standard InChI is InChI=1S/C14H16N2O2S/c1-10-5-6-13(12(15)8-10)19(17)9-11-4-3-7-16-14(11)18-2/h3-8H,9,15H2,1-2H3. The van der Waals surface area contributed by atoms with Crippen molar-refractivity contribution >= 4 is 16.5 Å². The lowest BCUT2D eigenvalue weighted by Gasteiger charge is -2.09. The fourth-order valence-electron chi connectivity index (χ4n) is 1.81. The maximum absolute atomic E-state index is 12.4. The topological polar surface area (TPSA) is 65.2 Å². The minimum absolute atomic E-state index is 0.338. The van der Waals surface area contributed by atoms with Crippen LogP contribution < -0.4 is 10.5 Å². The number of nitrogens with zero attached hydrogens (tertiary/aromatic N) is 1. The van der Waals surface area contributed by atoms with Crippen molar-refractivity contribution in [2.45, 2.75) is 17.6 Å². The predicted molar refractivity (Wildman–Crippen MR) is 76.5 cm³/mol. The Hall–Kier alpha value is -1.88. The molecule has 0 radical (unpaired) electrons. The summed E-state index contributed by atoms with van der Waals surface area (Å²) in [6, 6.07) is 9.20. The van der Waals surface area contributed by atoms with Crippen LogP contribution in [0.3, 0.4) is 0 Å². The predicted octanol–water partition coefficient (Wildman–Crippen LogP) is 2.29. The minimum Gasteiger partial charge on any atom is -0.481 e. The van der Waals surface area contributed by atoms with Crippen LogP contribution in [-0.4, -0.2) is 16.3 Å². The second-order valence-electron chi connectivity index (χ2n) is 4.20. The van der Waals surface area contributed by atoms with E-state index in [9.17, 15) is 4.21 Å². The number of hydrogen-bond acceptors (Lipinski definition) is 4. The van der Waals surface area contributed by atoms with E-state index < -0.39 is 10.8 Å². The molecule has 0 bridgehead atoms. The van der Waals surface area contributed by atoms with Crippen LogP contribution in [0.1, 0.15) is 11.1 Å². The van der Waals surface area contributed by atoms with Gasteiger partial charge in [0.2, 0.25) is 5.88 Å². The smallest absolute Gasteiger partial charge is 0.217 e. The third-order valence-corrected chi connectivity index (χ3v) is 4.18. The van der Waals surface area contributed by atoms with Crippen LogP contribution >= 0.6 is 0 Å². The quantitative estimate of drug-likeness (QED) is 0.870. The highest BCUT2D eigenvalue weighted by Gasteiger charge is 2.12. The summed E-state index contributed by atoms with van der Waals surface area (Å²) in [7, 11) is 0.339. The summed E-state index contributed by atoms with van der Waals surface area (Å²) < 4.78 is 17.5. The van der Waals surface area contributed by atoms with Crippen LogP contribution in [-0.2, 0) is 16.6 Å². The largest absolute Gasteiger partial charge is 0.481 e. The first kappa shape index (κ1) is 13.5. The Labute approximate surface area is 115 Å². The SMILES string of the molecule is COc1ncccc1CS(=O)c1ccc(C)cc1N. The van der Waals surface area contributed by atoms with Crippen molar-refractivity contribution in [2.75, 3.05) is 12.8 Å². The van der Waals surface area contributed by atoms with Crippen LogP contribution in [0.15, 0.2) is 41.4 Å². The zero-order valence-electron chi connectivity index (χ0n) is 10.9. The highest BCUT2D eigenvalue weighted by Crippen LogP contribution is 2.23. The van der Waals surface area contributed by atoms with Crippen molar-refractivity contribution in [3.05, 3.63) is 47.7 Å². The van der Waals surface area contributed by atoms with Crippen LogP contribution in [0.4, 0.5) is 5.69 Å². The number of nitrogens with two attached hydrogens (primary N) is 1. The van der Waals surface area contributed by atoms with E-state index in [2.05, 4.69) is 4.98 Å². The lowest BCUT2D eigenvalue weighted by atomic mass is 10.2. The van der Waals surface area contributed by atoms with E-state index in [1.165, 1.54) is 0 Å². The molecular formula is C14H16N2O2S. The maximum Gasteiger partial charge on any atom is 0.217 e. The van der Waals surface area contributed by atoms with E-state index in [0.29, 0.717) is 22.2 Å². The molecule has 2 rings (SSSR count). The molecule has 100 valence electrons. The number of benzene rings is 1. The average Bonchev–Trinajstić information content (AvgIpc) is 2.39. The fourth-order valence-corrected chi connectivity index (χ4v) is 3.01. The van der Waals surface area contributed by atoms with Crippen molar-refractivity contribution in [3.8, 4) is 5.88 Å². The first-order valence-corrected chi connectivity index (χ1v) is 7.16. The van der Waals surface area contributed by atoms with Gasteiger partial charge in [0, 0.05) is 17.4 Å². The van der Waals surface area contributed by atoms with Gasteiger partial charge in [0.1, 0.15) is 0 Å².